The standard InChI is InChI=1S/C34H43F2N7O4S/c1-23-16-25(39-31-18-32(38-22-37-31)43-29(8-13-47-43)27-4-3-5-28(35)33(27)36)17-30(42-19-24(20-42)21-48(2,44)45)34(23)41-9-6-26(7-10-41)40-11-14-46-15-12-40/h3-5,16-18,22,24,26,29H,6-15,19-21H2,1-2H3,(H,37,38,39). The molecule has 0 spiro atoms. The van der Waals surface area contributed by atoms with E-state index in [0.717, 1.165) is 75.2 Å². The highest BCUT2D eigenvalue weighted by Gasteiger charge is 2.35. The third kappa shape index (κ3) is 7.07. The zero-order chi connectivity index (χ0) is 33.4. The molecule has 0 radical (unpaired) electrons. The molecular formula is C34H43F2N7O4S. The van der Waals surface area contributed by atoms with Gasteiger partial charge in [-0.2, -0.15) is 0 Å². The number of morpholine rings is 1. The first kappa shape index (κ1) is 32.9. The number of hydrogen-bond acceptors (Lipinski definition) is 11. The summed E-state index contributed by atoms with van der Waals surface area (Å²) < 4.78 is 58.4. The van der Waals surface area contributed by atoms with Crippen LogP contribution in [0.5, 0.6) is 0 Å². The fourth-order valence-corrected chi connectivity index (χ4v) is 8.69. The number of aryl methyl sites for hydroxylation is 1. The van der Waals surface area contributed by atoms with Crippen molar-refractivity contribution in [1.29, 1.82) is 0 Å². The van der Waals surface area contributed by atoms with Gasteiger partial charge in [-0.1, -0.05) is 12.1 Å². The Morgan fingerprint density at radius 3 is 2.48 bits per heavy atom. The molecule has 4 aliphatic heterocycles. The Labute approximate surface area is 280 Å². The quantitative estimate of drug-likeness (QED) is 0.346. The Hall–Kier alpha value is -3.59. The van der Waals surface area contributed by atoms with Crippen LogP contribution < -0.4 is 20.2 Å². The third-order valence-corrected chi connectivity index (χ3v) is 10.9. The fraction of sp³-hybridized carbons (Fsp3) is 0.529. The summed E-state index contributed by atoms with van der Waals surface area (Å²) in [4.78, 5) is 22.0. The molecule has 3 aromatic rings. The van der Waals surface area contributed by atoms with Crippen molar-refractivity contribution in [3.05, 3.63) is 65.5 Å². The molecule has 1 atom stereocenters. The molecule has 4 aliphatic rings. The second-order valence-corrected chi connectivity index (χ2v) is 15.6. The second kappa shape index (κ2) is 13.7. The first-order valence-electron chi connectivity index (χ1n) is 16.7. The van der Waals surface area contributed by atoms with Gasteiger partial charge in [0, 0.05) is 81.2 Å². The Morgan fingerprint density at radius 1 is 0.958 bits per heavy atom. The number of aromatic nitrogens is 2. The minimum absolute atomic E-state index is 0.0950. The van der Waals surface area contributed by atoms with Crippen molar-refractivity contribution in [2.75, 3.05) is 91.3 Å². The van der Waals surface area contributed by atoms with E-state index in [4.69, 9.17) is 9.57 Å². The monoisotopic (exact) mass is 683 g/mol. The number of halogens is 2. The summed E-state index contributed by atoms with van der Waals surface area (Å²) in [6.45, 7) is 9.28. The average Bonchev–Trinajstić information content (AvgIpc) is 3.54. The van der Waals surface area contributed by atoms with E-state index in [-0.39, 0.29) is 17.2 Å². The Morgan fingerprint density at radius 2 is 1.73 bits per heavy atom. The van der Waals surface area contributed by atoms with Crippen molar-refractivity contribution in [2.24, 2.45) is 5.92 Å². The highest BCUT2D eigenvalue weighted by Crippen LogP contribution is 2.42. The summed E-state index contributed by atoms with van der Waals surface area (Å²) in [5.41, 5.74) is 4.43. The molecule has 0 saturated carbocycles. The average molecular weight is 684 g/mol. The second-order valence-electron chi connectivity index (χ2n) is 13.4. The van der Waals surface area contributed by atoms with E-state index in [1.54, 1.807) is 12.1 Å². The zero-order valence-corrected chi connectivity index (χ0v) is 28.3. The Kier molecular flexibility index (Phi) is 9.42. The van der Waals surface area contributed by atoms with Crippen molar-refractivity contribution >= 4 is 38.5 Å². The van der Waals surface area contributed by atoms with Crippen LogP contribution >= 0.6 is 0 Å². The maximum atomic E-state index is 14.7. The summed E-state index contributed by atoms with van der Waals surface area (Å²) in [6, 6.07) is 10.2. The third-order valence-electron chi connectivity index (χ3n) is 9.86. The van der Waals surface area contributed by atoms with E-state index in [1.807, 2.05) is 0 Å². The van der Waals surface area contributed by atoms with Gasteiger partial charge in [0.05, 0.1) is 43.0 Å². The van der Waals surface area contributed by atoms with E-state index in [0.29, 0.717) is 43.8 Å². The molecule has 0 bridgehead atoms. The number of piperidine rings is 1. The first-order valence-corrected chi connectivity index (χ1v) is 18.8. The van der Waals surface area contributed by atoms with E-state index in [9.17, 15) is 17.2 Å². The Balaban J connectivity index is 1.12. The molecule has 4 saturated heterocycles. The smallest absolute Gasteiger partial charge is 0.164 e. The lowest BCUT2D eigenvalue weighted by Gasteiger charge is -2.45. The van der Waals surface area contributed by atoms with E-state index < -0.39 is 27.5 Å². The van der Waals surface area contributed by atoms with Crippen molar-refractivity contribution in [1.82, 2.24) is 14.9 Å². The summed E-state index contributed by atoms with van der Waals surface area (Å²) in [7, 11) is -3.06. The van der Waals surface area contributed by atoms with Crippen LogP contribution in [0.4, 0.5) is 37.5 Å². The number of sulfone groups is 1. The molecule has 14 heteroatoms. The van der Waals surface area contributed by atoms with Gasteiger partial charge in [-0.25, -0.2) is 32.2 Å². The number of nitrogens with one attached hydrogen (secondary N) is 1. The van der Waals surface area contributed by atoms with Gasteiger partial charge in [0.2, 0.25) is 0 Å². The molecule has 1 unspecified atom stereocenters. The summed E-state index contributed by atoms with van der Waals surface area (Å²) in [5, 5.41) is 4.95. The summed E-state index contributed by atoms with van der Waals surface area (Å²) in [6.07, 6.45) is 5.37. The molecule has 258 valence electrons. The number of rotatable bonds is 9. The van der Waals surface area contributed by atoms with Gasteiger partial charge in [-0.15, -0.1) is 0 Å². The summed E-state index contributed by atoms with van der Waals surface area (Å²) >= 11 is 0. The number of hydroxylamine groups is 1. The largest absolute Gasteiger partial charge is 0.379 e. The van der Waals surface area contributed by atoms with Gasteiger partial charge in [0.25, 0.3) is 0 Å². The maximum absolute atomic E-state index is 14.7. The molecule has 4 fully saturated rings. The van der Waals surface area contributed by atoms with E-state index in [1.165, 1.54) is 29.4 Å². The van der Waals surface area contributed by atoms with Gasteiger partial charge in [0.1, 0.15) is 22.0 Å². The lowest BCUT2D eigenvalue weighted by atomic mass is 9.97. The van der Waals surface area contributed by atoms with Gasteiger partial charge < -0.3 is 19.9 Å². The van der Waals surface area contributed by atoms with Crippen LogP contribution in [0.2, 0.25) is 0 Å². The van der Waals surface area contributed by atoms with Crippen LogP contribution in [0.1, 0.15) is 36.4 Å². The Bertz CT molecular complexity index is 1730. The van der Waals surface area contributed by atoms with Crippen LogP contribution in [0.15, 0.2) is 42.7 Å². The van der Waals surface area contributed by atoms with Gasteiger partial charge in [-0.3, -0.25) is 9.74 Å². The minimum Gasteiger partial charge on any atom is -0.379 e. The molecule has 0 aliphatic carbocycles. The van der Waals surface area contributed by atoms with Crippen molar-refractivity contribution < 1.29 is 26.8 Å². The summed E-state index contributed by atoms with van der Waals surface area (Å²) in [5.74, 6) is -0.547. The molecule has 11 nitrogen and oxygen atoms in total. The van der Waals surface area contributed by atoms with E-state index >= 15 is 0 Å². The number of hydrogen-bond donors (Lipinski definition) is 1. The molecule has 0 amide bonds. The van der Waals surface area contributed by atoms with Crippen LogP contribution in [0.3, 0.4) is 0 Å². The van der Waals surface area contributed by atoms with E-state index in [2.05, 4.69) is 49.0 Å². The lowest BCUT2D eigenvalue weighted by molar-refractivity contribution is 0.0115. The van der Waals surface area contributed by atoms with Crippen molar-refractivity contribution in [3.63, 3.8) is 0 Å². The molecule has 2 aromatic carbocycles. The van der Waals surface area contributed by atoms with Crippen LogP contribution in [0, 0.1) is 24.5 Å². The minimum atomic E-state index is -3.06. The van der Waals surface area contributed by atoms with Gasteiger partial charge >= 0.3 is 0 Å². The zero-order valence-electron chi connectivity index (χ0n) is 27.4. The lowest BCUT2D eigenvalue weighted by Crippen LogP contribution is -2.51. The molecule has 1 N–H and O–H groups in total. The topological polar surface area (TPSA) is 103 Å². The first-order chi connectivity index (χ1) is 23.1. The predicted octanol–water partition coefficient (Wildman–Crippen LogP) is 4.47. The van der Waals surface area contributed by atoms with Crippen molar-refractivity contribution in [2.45, 2.75) is 38.3 Å². The SMILES string of the molecule is Cc1cc(Nc2cc(N3OCCC3c3cccc(F)c3F)ncn2)cc(N2CC(CS(C)(=O)=O)C2)c1N1CCC(N2CCOCC2)CC1. The molecule has 7 rings (SSSR count). The highest BCUT2D eigenvalue weighted by molar-refractivity contribution is 7.90. The molecular weight excluding hydrogens is 640 g/mol. The fourth-order valence-electron chi connectivity index (χ4n) is 7.62. The number of benzene rings is 2. The van der Waals surface area contributed by atoms with Gasteiger partial charge in [-0.05, 0) is 43.5 Å². The van der Waals surface area contributed by atoms with Crippen LogP contribution in [-0.4, -0.2) is 100 Å². The number of ether oxygens (including phenoxy) is 1. The van der Waals surface area contributed by atoms with Crippen LogP contribution in [0.25, 0.3) is 0 Å². The number of anilines is 5. The molecule has 1 aromatic heterocycles. The normalized spacial score (nSPS) is 21.5. The van der Waals surface area contributed by atoms with Gasteiger partial charge in [0.15, 0.2) is 17.5 Å². The number of nitrogens with zero attached hydrogens (tertiary/aromatic N) is 6. The molecule has 5 heterocycles. The predicted molar refractivity (Wildman–Crippen MR) is 182 cm³/mol. The highest BCUT2D eigenvalue weighted by atomic mass is 32.2. The maximum Gasteiger partial charge on any atom is 0.164 e. The van der Waals surface area contributed by atoms with Crippen LogP contribution in [-0.2, 0) is 19.4 Å². The molecule has 48 heavy (non-hydrogen) atoms. The van der Waals surface area contributed by atoms with Crippen molar-refractivity contribution in [3.8, 4) is 0 Å².